The summed E-state index contributed by atoms with van der Waals surface area (Å²) in [5.74, 6) is -6.23. The van der Waals surface area contributed by atoms with Gasteiger partial charge in [0.15, 0.2) is 17.3 Å². The largest absolute Gasteiger partial charge is 0.431 e. The van der Waals surface area contributed by atoms with E-state index in [-0.39, 0.29) is 17.0 Å². The molecule has 2 heterocycles. The molecule has 0 saturated carbocycles. The van der Waals surface area contributed by atoms with E-state index in [0.717, 1.165) is 12.1 Å². The molecule has 1 fully saturated rings. The van der Waals surface area contributed by atoms with Gasteiger partial charge in [-0.2, -0.15) is 13.2 Å². The zero-order valence-electron chi connectivity index (χ0n) is 18.7. The highest BCUT2D eigenvalue weighted by atomic mass is 19.3. The van der Waals surface area contributed by atoms with Crippen molar-refractivity contribution in [2.24, 2.45) is 5.92 Å². The maximum Gasteiger partial charge on any atom is 0.387 e. The van der Waals surface area contributed by atoms with Crippen LogP contribution in [0.15, 0.2) is 24.4 Å². The van der Waals surface area contributed by atoms with E-state index in [4.69, 9.17) is 4.74 Å². The van der Waals surface area contributed by atoms with Gasteiger partial charge in [-0.1, -0.05) is 13.0 Å². The molecule has 10 heteroatoms. The second-order valence-electron chi connectivity index (χ2n) is 8.54. The molecule has 2 aromatic rings. The van der Waals surface area contributed by atoms with Crippen molar-refractivity contribution >= 4 is 17.4 Å². The second-order valence-corrected chi connectivity index (χ2v) is 8.54. The van der Waals surface area contributed by atoms with Gasteiger partial charge < -0.3 is 14.8 Å². The lowest BCUT2D eigenvalue weighted by atomic mass is 9.78. The lowest BCUT2D eigenvalue weighted by Gasteiger charge is -2.26. The van der Waals surface area contributed by atoms with Gasteiger partial charge in [-0.3, -0.25) is 14.6 Å². The Hall–Kier alpha value is -3.01. The molecule has 0 radical (unpaired) electrons. The van der Waals surface area contributed by atoms with Crippen LogP contribution in [0.25, 0.3) is 0 Å². The van der Waals surface area contributed by atoms with Crippen LogP contribution in [0, 0.1) is 24.5 Å². The number of rotatable bonds is 6. The minimum absolute atomic E-state index is 0.108. The monoisotopic (exact) mass is 468 g/mol. The highest BCUT2D eigenvalue weighted by molar-refractivity contribution is 5.98. The van der Waals surface area contributed by atoms with E-state index in [1.54, 1.807) is 27.7 Å². The fraction of sp³-hybridized carbons (Fsp3) is 0.435. The molecule has 1 saturated heterocycles. The van der Waals surface area contributed by atoms with Crippen LogP contribution in [0.4, 0.5) is 23.2 Å². The van der Waals surface area contributed by atoms with Gasteiger partial charge in [-0.15, -0.1) is 0 Å². The van der Waals surface area contributed by atoms with E-state index in [0.29, 0.717) is 11.3 Å². The number of amides is 1. The Bertz CT molecular complexity index is 1090. The van der Waals surface area contributed by atoms with E-state index < -0.39 is 53.4 Å². The lowest BCUT2D eigenvalue weighted by molar-refractivity contribution is -0.131. The molecule has 1 aliphatic heterocycles. The maximum atomic E-state index is 14.4. The van der Waals surface area contributed by atoms with Gasteiger partial charge in [0.05, 0.1) is 5.60 Å². The van der Waals surface area contributed by atoms with E-state index in [2.05, 4.69) is 15.0 Å². The van der Waals surface area contributed by atoms with Crippen LogP contribution >= 0.6 is 0 Å². The minimum Gasteiger partial charge on any atom is -0.431 e. The first-order valence-corrected chi connectivity index (χ1v) is 10.2. The lowest BCUT2D eigenvalue weighted by Crippen LogP contribution is -2.33. The summed E-state index contributed by atoms with van der Waals surface area (Å²) in [6.07, 6.45) is 0.184. The molecule has 0 spiro atoms. The fourth-order valence-electron chi connectivity index (χ4n) is 3.92. The van der Waals surface area contributed by atoms with Crippen molar-refractivity contribution in [3.8, 4) is 5.75 Å². The molecule has 0 unspecified atom stereocenters. The Kier molecular flexibility index (Phi) is 6.78. The van der Waals surface area contributed by atoms with E-state index in [9.17, 15) is 27.2 Å². The van der Waals surface area contributed by atoms with Crippen molar-refractivity contribution in [2.75, 3.05) is 5.32 Å². The number of carbonyl (C=O) groups excluding carboxylic acids is 2. The predicted octanol–water partition coefficient (Wildman–Crippen LogP) is 5.01. The zero-order chi connectivity index (χ0) is 24.7. The topological polar surface area (TPSA) is 77.5 Å². The molecule has 1 aromatic carbocycles. The number of ether oxygens (including phenoxy) is 2. The number of aromatic nitrogens is 1. The van der Waals surface area contributed by atoms with Gasteiger partial charge in [-0.25, -0.2) is 4.39 Å². The number of hydrogen-bond donors (Lipinski definition) is 1. The van der Waals surface area contributed by atoms with Gasteiger partial charge in [0, 0.05) is 30.3 Å². The number of aryl methyl sites for hydroxylation is 1. The number of ketones is 1. The average Bonchev–Trinajstić information content (AvgIpc) is 2.96. The van der Waals surface area contributed by atoms with Crippen LogP contribution in [-0.4, -0.2) is 35.0 Å². The van der Waals surface area contributed by atoms with Gasteiger partial charge in [0.2, 0.25) is 5.82 Å². The summed E-state index contributed by atoms with van der Waals surface area (Å²) in [5, 5.41) is 2.68. The summed E-state index contributed by atoms with van der Waals surface area (Å²) in [7, 11) is 0. The van der Waals surface area contributed by atoms with Crippen LogP contribution in [0.2, 0.25) is 0 Å². The fourth-order valence-corrected chi connectivity index (χ4v) is 3.92. The van der Waals surface area contributed by atoms with Gasteiger partial charge >= 0.3 is 6.61 Å². The van der Waals surface area contributed by atoms with Crippen LogP contribution in [-0.2, 0) is 9.53 Å². The predicted molar refractivity (Wildman–Crippen MR) is 111 cm³/mol. The zero-order valence-corrected chi connectivity index (χ0v) is 18.7. The summed E-state index contributed by atoms with van der Waals surface area (Å²) in [6, 6.07) is 3.33. The number of pyridine rings is 1. The molecule has 1 aromatic heterocycles. The van der Waals surface area contributed by atoms with Crippen LogP contribution < -0.4 is 10.1 Å². The molecule has 33 heavy (non-hydrogen) atoms. The van der Waals surface area contributed by atoms with E-state index >= 15 is 0 Å². The summed E-state index contributed by atoms with van der Waals surface area (Å²) >= 11 is 0. The number of hydrogen-bond acceptors (Lipinski definition) is 5. The highest BCUT2D eigenvalue weighted by Crippen LogP contribution is 2.49. The molecule has 0 aliphatic carbocycles. The average molecular weight is 468 g/mol. The Morgan fingerprint density at radius 1 is 1.24 bits per heavy atom. The second kappa shape index (κ2) is 9.09. The molecule has 3 atom stereocenters. The normalized spacial score (nSPS) is 21.8. The number of anilines is 1. The minimum atomic E-state index is -3.40. The number of carbonyl (C=O) groups is 2. The molecular formula is C23H24F4N2O4. The summed E-state index contributed by atoms with van der Waals surface area (Å²) in [4.78, 5) is 28.9. The summed E-state index contributed by atoms with van der Waals surface area (Å²) < 4.78 is 64.5. The smallest absolute Gasteiger partial charge is 0.387 e. The first kappa shape index (κ1) is 24.6. The molecule has 1 N–H and O–H groups in total. The quantitative estimate of drug-likeness (QED) is 0.477. The van der Waals surface area contributed by atoms with Crippen molar-refractivity contribution < 1.29 is 36.6 Å². The maximum absolute atomic E-state index is 14.4. The van der Waals surface area contributed by atoms with Gasteiger partial charge in [-0.05, 0) is 44.4 Å². The summed E-state index contributed by atoms with van der Waals surface area (Å²) in [5.41, 5.74) is 0.0151. The number of alkyl halides is 2. The third-order valence-corrected chi connectivity index (χ3v) is 6.02. The van der Waals surface area contributed by atoms with Gasteiger partial charge in [0.1, 0.15) is 11.8 Å². The Labute approximate surface area is 188 Å². The van der Waals surface area contributed by atoms with Crippen molar-refractivity contribution in [3.63, 3.8) is 0 Å². The number of nitrogens with zero attached hydrogens (tertiary/aromatic N) is 1. The molecule has 6 nitrogen and oxygen atoms in total. The molecular weight excluding hydrogens is 444 g/mol. The molecule has 1 aliphatic rings. The molecule has 3 rings (SSSR count). The standard InChI is InChI=1S/C23H24F4N2O4/c1-10-9-28-16(12(3)30)8-15(10)29-21(31)20-17(11(2)23(4,5)33-20)13-6-7-14(24)18(25)19(13)32-22(26)27/h6-9,11,17,20,22H,1-5H3,(H,28,29,31)/t11-,17-,20+/m1/s1. The molecule has 0 bridgehead atoms. The van der Waals surface area contributed by atoms with Crippen molar-refractivity contribution in [1.29, 1.82) is 0 Å². The number of nitrogens with one attached hydrogen (secondary N) is 1. The number of halogens is 4. The third kappa shape index (κ3) is 4.85. The first-order valence-electron chi connectivity index (χ1n) is 10.2. The first-order chi connectivity index (χ1) is 15.3. The van der Waals surface area contributed by atoms with Crippen molar-refractivity contribution in [2.45, 2.75) is 58.9 Å². The van der Waals surface area contributed by atoms with Crippen molar-refractivity contribution in [3.05, 3.63) is 52.9 Å². The van der Waals surface area contributed by atoms with E-state index in [1.807, 2.05) is 0 Å². The highest BCUT2D eigenvalue weighted by Gasteiger charge is 2.52. The van der Waals surface area contributed by atoms with Crippen molar-refractivity contribution in [1.82, 2.24) is 4.98 Å². The Morgan fingerprint density at radius 3 is 2.52 bits per heavy atom. The Morgan fingerprint density at radius 2 is 1.91 bits per heavy atom. The number of Topliss-reactive ketones (excluding diaryl/α,β-unsaturated/α-hetero) is 1. The molecule has 1 amide bonds. The third-order valence-electron chi connectivity index (χ3n) is 6.02. The SMILES string of the molecule is CC(=O)c1cc(NC(=O)[C@H]2OC(C)(C)[C@H](C)[C@@H]2c2ccc(F)c(F)c2OC(F)F)c(C)cn1. The van der Waals surface area contributed by atoms with Crippen LogP contribution in [0.1, 0.15) is 55.2 Å². The summed E-state index contributed by atoms with van der Waals surface area (Å²) in [6.45, 7) is 4.74. The van der Waals surface area contributed by atoms with Crippen LogP contribution in [0.3, 0.4) is 0 Å². The molecule has 178 valence electrons. The Balaban J connectivity index is 2.04. The number of benzene rings is 1. The van der Waals surface area contributed by atoms with Crippen LogP contribution in [0.5, 0.6) is 5.75 Å². The van der Waals surface area contributed by atoms with Gasteiger partial charge in [0.25, 0.3) is 5.91 Å². The van der Waals surface area contributed by atoms with E-state index in [1.165, 1.54) is 19.2 Å².